The Morgan fingerprint density at radius 1 is 1.33 bits per heavy atom. The standard InChI is InChI=1S/C15H14N2O3S/c1-10-5-6-14(18)13(7-10)15(21)16-9-11-3-2-4-12(8-11)17(19)20/h2-8,18H,9H2,1H3,(H,16,21). The summed E-state index contributed by atoms with van der Waals surface area (Å²) in [4.78, 5) is 10.7. The number of thiocarbonyl (C=S) groups is 1. The lowest BCUT2D eigenvalue weighted by Gasteiger charge is -2.10. The quantitative estimate of drug-likeness (QED) is 0.516. The van der Waals surface area contributed by atoms with Crippen LogP contribution in [0.25, 0.3) is 0 Å². The van der Waals surface area contributed by atoms with Gasteiger partial charge in [0.05, 0.1) is 10.5 Å². The van der Waals surface area contributed by atoms with Crippen molar-refractivity contribution in [2.75, 3.05) is 0 Å². The van der Waals surface area contributed by atoms with E-state index in [0.29, 0.717) is 17.1 Å². The van der Waals surface area contributed by atoms with Crippen LogP contribution < -0.4 is 5.32 Å². The zero-order chi connectivity index (χ0) is 15.4. The topological polar surface area (TPSA) is 75.4 Å². The van der Waals surface area contributed by atoms with Crippen LogP contribution in [0.4, 0.5) is 5.69 Å². The number of aryl methyl sites for hydroxylation is 1. The number of aromatic hydroxyl groups is 1. The molecule has 0 unspecified atom stereocenters. The fourth-order valence-corrected chi connectivity index (χ4v) is 2.12. The van der Waals surface area contributed by atoms with E-state index in [1.165, 1.54) is 12.1 Å². The van der Waals surface area contributed by atoms with Gasteiger partial charge in [-0.05, 0) is 24.6 Å². The molecule has 0 bridgehead atoms. The molecular weight excluding hydrogens is 288 g/mol. The van der Waals surface area contributed by atoms with Crippen LogP contribution in [0, 0.1) is 17.0 Å². The summed E-state index contributed by atoms with van der Waals surface area (Å²) in [5, 5.41) is 23.5. The van der Waals surface area contributed by atoms with E-state index in [-0.39, 0.29) is 11.4 Å². The van der Waals surface area contributed by atoms with Gasteiger partial charge in [0.15, 0.2) is 0 Å². The van der Waals surface area contributed by atoms with Crippen LogP contribution in [0.1, 0.15) is 16.7 Å². The zero-order valence-corrected chi connectivity index (χ0v) is 12.2. The monoisotopic (exact) mass is 302 g/mol. The van der Waals surface area contributed by atoms with Gasteiger partial charge in [-0.25, -0.2) is 0 Å². The minimum atomic E-state index is -0.436. The molecule has 0 saturated heterocycles. The van der Waals surface area contributed by atoms with Crippen molar-refractivity contribution < 1.29 is 10.0 Å². The molecule has 2 N–H and O–H groups in total. The molecule has 0 aliphatic carbocycles. The average molecular weight is 302 g/mol. The number of hydrogen-bond acceptors (Lipinski definition) is 4. The molecule has 6 heteroatoms. The van der Waals surface area contributed by atoms with Crippen molar-refractivity contribution >= 4 is 22.9 Å². The van der Waals surface area contributed by atoms with Gasteiger partial charge in [-0.3, -0.25) is 10.1 Å². The normalized spacial score (nSPS) is 10.1. The van der Waals surface area contributed by atoms with Crippen LogP contribution >= 0.6 is 12.2 Å². The molecule has 0 heterocycles. The molecule has 0 amide bonds. The SMILES string of the molecule is Cc1ccc(O)c(C(=S)NCc2cccc([N+](=O)[O-])c2)c1. The number of non-ortho nitro benzene ring substituents is 1. The molecule has 21 heavy (non-hydrogen) atoms. The second-order valence-corrected chi connectivity index (χ2v) is 5.04. The summed E-state index contributed by atoms with van der Waals surface area (Å²) in [6, 6.07) is 11.5. The molecule has 5 nitrogen and oxygen atoms in total. The molecule has 2 rings (SSSR count). The molecule has 0 atom stereocenters. The van der Waals surface area contributed by atoms with Gasteiger partial charge in [0.25, 0.3) is 5.69 Å². The van der Waals surface area contributed by atoms with Crippen molar-refractivity contribution in [3.63, 3.8) is 0 Å². The highest BCUT2D eigenvalue weighted by Crippen LogP contribution is 2.19. The third kappa shape index (κ3) is 3.76. The van der Waals surface area contributed by atoms with Crippen molar-refractivity contribution in [1.82, 2.24) is 5.32 Å². The molecule has 108 valence electrons. The van der Waals surface area contributed by atoms with Gasteiger partial charge in [-0.1, -0.05) is 36.0 Å². The molecule has 0 fully saturated rings. The molecule has 2 aromatic carbocycles. The van der Waals surface area contributed by atoms with E-state index in [0.717, 1.165) is 11.1 Å². The molecule has 0 saturated carbocycles. The molecule has 0 aliphatic rings. The molecule has 2 aromatic rings. The predicted molar refractivity (Wildman–Crippen MR) is 84.5 cm³/mol. The summed E-state index contributed by atoms with van der Waals surface area (Å²) in [5.74, 6) is 0.108. The Morgan fingerprint density at radius 2 is 2.10 bits per heavy atom. The maximum absolute atomic E-state index is 10.7. The number of nitrogens with zero attached hydrogens (tertiary/aromatic N) is 1. The number of nitrogens with one attached hydrogen (secondary N) is 1. The lowest BCUT2D eigenvalue weighted by Crippen LogP contribution is -2.21. The van der Waals surface area contributed by atoms with Gasteiger partial charge in [-0.15, -0.1) is 0 Å². The fourth-order valence-electron chi connectivity index (χ4n) is 1.89. The lowest BCUT2D eigenvalue weighted by atomic mass is 10.1. The first-order valence-electron chi connectivity index (χ1n) is 6.28. The zero-order valence-electron chi connectivity index (χ0n) is 11.4. The van der Waals surface area contributed by atoms with Crippen LogP contribution in [-0.2, 0) is 6.54 Å². The first kappa shape index (κ1) is 14.9. The minimum absolute atomic E-state index is 0.0404. The van der Waals surface area contributed by atoms with Crippen LogP contribution in [0.5, 0.6) is 5.75 Å². The molecule has 0 aromatic heterocycles. The van der Waals surface area contributed by atoms with Crippen molar-refractivity contribution in [1.29, 1.82) is 0 Å². The van der Waals surface area contributed by atoms with Gasteiger partial charge >= 0.3 is 0 Å². The van der Waals surface area contributed by atoms with Gasteiger partial charge < -0.3 is 10.4 Å². The lowest BCUT2D eigenvalue weighted by molar-refractivity contribution is -0.384. The summed E-state index contributed by atoms with van der Waals surface area (Å²) in [6.45, 7) is 2.26. The summed E-state index contributed by atoms with van der Waals surface area (Å²) >= 11 is 5.25. The number of rotatable bonds is 4. The number of nitro benzene ring substituents is 1. The molecule has 0 spiro atoms. The van der Waals surface area contributed by atoms with Crippen molar-refractivity contribution in [3.8, 4) is 5.75 Å². The van der Waals surface area contributed by atoms with E-state index >= 15 is 0 Å². The predicted octanol–water partition coefficient (Wildman–Crippen LogP) is 3.07. The van der Waals surface area contributed by atoms with Crippen LogP contribution in [-0.4, -0.2) is 15.0 Å². The summed E-state index contributed by atoms with van der Waals surface area (Å²) in [7, 11) is 0. The van der Waals surface area contributed by atoms with E-state index in [2.05, 4.69) is 5.32 Å². The number of hydrogen-bond donors (Lipinski definition) is 2. The third-order valence-electron chi connectivity index (χ3n) is 2.97. The Bertz CT molecular complexity index is 701. The second-order valence-electron chi connectivity index (χ2n) is 4.63. The molecule has 0 radical (unpaired) electrons. The number of phenols is 1. The Labute approximate surface area is 127 Å². The fraction of sp³-hybridized carbons (Fsp3) is 0.133. The van der Waals surface area contributed by atoms with Crippen molar-refractivity contribution in [3.05, 3.63) is 69.3 Å². The van der Waals surface area contributed by atoms with Gasteiger partial charge in [0, 0.05) is 18.7 Å². The van der Waals surface area contributed by atoms with Gasteiger partial charge in [-0.2, -0.15) is 0 Å². The highest BCUT2D eigenvalue weighted by Gasteiger charge is 2.09. The number of phenolic OH excluding ortho intramolecular Hbond substituents is 1. The largest absolute Gasteiger partial charge is 0.507 e. The summed E-state index contributed by atoms with van der Waals surface area (Å²) < 4.78 is 0. The minimum Gasteiger partial charge on any atom is -0.507 e. The van der Waals surface area contributed by atoms with Crippen LogP contribution in [0.15, 0.2) is 42.5 Å². The summed E-state index contributed by atoms with van der Waals surface area (Å²) in [6.07, 6.45) is 0. The van der Waals surface area contributed by atoms with Gasteiger partial charge in [0.2, 0.25) is 0 Å². The van der Waals surface area contributed by atoms with E-state index < -0.39 is 4.92 Å². The third-order valence-corrected chi connectivity index (χ3v) is 3.34. The number of benzene rings is 2. The Balaban J connectivity index is 2.09. The van der Waals surface area contributed by atoms with Crippen LogP contribution in [0.3, 0.4) is 0 Å². The number of nitro groups is 1. The van der Waals surface area contributed by atoms with E-state index in [1.54, 1.807) is 30.3 Å². The first-order valence-corrected chi connectivity index (χ1v) is 6.69. The maximum atomic E-state index is 10.7. The van der Waals surface area contributed by atoms with Crippen molar-refractivity contribution in [2.45, 2.75) is 13.5 Å². The van der Waals surface area contributed by atoms with E-state index in [1.807, 2.05) is 6.92 Å². The highest BCUT2D eigenvalue weighted by atomic mass is 32.1. The van der Waals surface area contributed by atoms with E-state index in [4.69, 9.17) is 12.2 Å². The van der Waals surface area contributed by atoms with E-state index in [9.17, 15) is 15.2 Å². The Kier molecular flexibility index (Phi) is 4.49. The maximum Gasteiger partial charge on any atom is 0.269 e. The Hall–Kier alpha value is -2.47. The highest BCUT2D eigenvalue weighted by molar-refractivity contribution is 7.80. The smallest absolute Gasteiger partial charge is 0.269 e. The van der Waals surface area contributed by atoms with Gasteiger partial charge in [0.1, 0.15) is 10.7 Å². The molecule has 0 aliphatic heterocycles. The average Bonchev–Trinajstić information content (AvgIpc) is 2.47. The second kappa shape index (κ2) is 6.32. The first-order chi connectivity index (χ1) is 9.97. The summed E-state index contributed by atoms with van der Waals surface area (Å²) in [5.41, 5.74) is 2.33. The molecular formula is C15H14N2O3S. The Morgan fingerprint density at radius 3 is 2.81 bits per heavy atom. The van der Waals surface area contributed by atoms with Crippen LogP contribution in [0.2, 0.25) is 0 Å². The van der Waals surface area contributed by atoms with Crippen molar-refractivity contribution in [2.24, 2.45) is 0 Å².